The number of carbonyl (C=O) groups excluding carboxylic acids is 1. The molecule has 0 fully saturated rings. The second-order valence-corrected chi connectivity index (χ2v) is 6.26. The van der Waals surface area contributed by atoms with E-state index in [0.29, 0.717) is 18.0 Å². The van der Waals surface area contributed by atoms with Crippen molar-refractivity contribution in [1.82, 2.24) is 4.98 Å². The van der Waals surface area contributed by atoms with Crippen molar-refractivity contribution in [2.24, 2.45) is 0 Å². The van der Waals surface area contributed by atoms with Crippen LogP contribution >= 0.6 is 0 Å². The highest BCUT2D eigenvalue weighted by atomic mass is 16.1. The average molecular weight is 331 g/mol. The molecular weight excluding hydrogens is 310 g/mol. The Kier molecular flexibility index (Phi) is 5.19. The predicted molar refractivity (Wildman–Crippen MR) is 102 cm³/mol. The zero-order chi connectivity index (χ0) is 17.6. The molecule has 3 aromatic rings. The lowest BCUT2D eigenvalue weighted by atomic mass is 9.92. The Labute approximate surface area is 147 Å². The number of nitrogens with one attached hydrogen (secondary N) is 2. The minimum Gasteiger partial charge on any atom is -0.310 e. The molecule has 0 aliphatic carbocycles. The first-order valence-corrected chi connectivity index (χ1v) is 8.37. The van der Waals surface area contributed by atoms with Crippen LogP contribution in [0.3, 0.4) is 0 Å². The first-order chi connectivity index (χ1) is 12.1. The topological polar surface area (TPSA) is 65.8 Å². The molecule has 2 aromatic carbocycles. The molecule has 0 bridgehead atoms. The van der Waals surface area contributed by atoms with Gasteiger partial charge in [0.1, 0.15) is 5.82 Å². The molecule has 1 atom stereocenters. The molecule has 0 saturated carbocycles. The number of benzene rings is 2. The first-order valence-electron chi connectivity index (χ1n) is 8.37. The zero-order valence-electron chi connectivity index (χ0n) is 14.2. The molecule has 3 rings (SSSR count). The Morgan fingerprint density at radius 3 is 2.60 bits per heavy atom. The SMILES string of the molecule is CC(CC(=N)CC(=O)Nc1ccccn1)c1ccc2ccccc2c1. The van der Waals surface area contributed by atoms with E-state index in [4.69, 9.17) is 5.41 Å². The summed E-state index contributed by atoms with van der Waals surface area (Å²) in [6.07, 6.45) is 2.28. The van der Waals surface area contributed by atoms with E-state index in [9.17, 15) is 4.79 Å². The van der Waals surface area contributed by atoms with Gasteiger partial charge in [0, 0.05) is 11.9 Å². The lowest BCUT2D eigenvalue weighted by Crippen LogP contribution is -2.17. The standard InChI is InChI=1S/C21H21N3O/c1-15(17-10-9-16-6-2-3-7-18(16)13-17)12-19(22)14-21(25)24-20-8-4-5-11-23-20/h2-11,13,15,22H,12,14H2,1H3,(H,23,24,25). The summed E-state index contributed by atoms with van der Waals surface area (Å²) < 4.78 is 0. The molecule has 0 aliphatic heterocycles. The molecule has 1 unspecified atom stereocenters. The van der Waals surface area contributed by atoms with E-state index in [-0.39, 0.29) is 18.2 Å². The van der Waals surface area contributed by atoms with Crippen LogP contribution in [0.25, 0.3) is 10.8 Å². The molecule has 126 valence electrons. The van der Waals surface area contributed by atoms with Crippen LogP contribution in [-0.4, -0.2) is 16.6 Å². The summed E-state index contributed by atoms with van der Waals surface area (Å²) in [5.74, 6) is 0.511. The summed E-state index contributed by atoms with van der Waals surface area (Å²) in [6.45, 7) is 2.09. The highest BCUT2D eigenvalue weighted by molar-refractivity contribution is 6.05. The lowest BCUT2D eigenvalue weighted by Gasteiger charge is -2.14. The van der Waals surface area contributed by atoms with E-state index in [2.05, 4.69) is 47.6 Å². The summed E-state index contributed by atoms with van der Waals surface area (Å²) in [5.41, 5.74) is 1.61. The lowest BCUT2D eigenvalue weighted by molar-refractivity contribution is -0.115. The van der Waals surface area contributed by atoms with Crippen molar-refractivity contribution in [3.63, 3.8) is 0 Å². The van der Waals surface area contributed by atoms with Gasteiger partial charge in [-0.05, 0) is 40.8 Å². The van der Waals surface area contributed by atoms with E-state index in [0.717, 1.165) is 0 Å². The number of carbonyl (C=O) groups is 1. The van der Waals surface area contributed by atoms with Gasteiger partial charge in [-0.1, -0.05) is 55.5 Å². The van der Waals surface area contributed by atoms with E-state index in [1.165, 1.54) is 16.3 Å². The average Bonchev–Trinajstić information content (AvgIpc) is 2.61. The van der Waals surface area contributed by atoms with Gasteiger partial charge < -0.3 is 10.7 Å². The van der Waals surface area contributed by atoms with Crippen molar-refractivity contribution in [3.8, 4) is 0 Å². The number of anilines is 1. The van der Waals surface area contributed by atoms with Gasteiger partial charge in [-0.2, -0.15) is 0 Å². The van der Waals surface area contributed by atoms with Crippen molar-refractivity contribution in [3.05, 3.63) is 72.4 Å². The molecule has 0 saturated heterocycles. The molecule has 1 heterocycles. The van der Waals surface area contributed by atoms with Gasteiger partial charge in [0.05, 0.1) is 6.42 Å². The monoisotopic (exact) mass is 331 g/mol. The maximum absolute atomic E-state index is 12.0. The van der Waals surface area contributed by atoms with Crippen molar-refractivity contribution in [2.45, 2.75) is 25.7 Å². The van der Waals surface area contributed by atoms with Gasteiger partial charge >= 0.3 is 0 Å². The Hall–Kier alpha value is -3.01. The largest absolute Gasteiger partial charge is 0.310 e. The normalized spacial score (nSPS) is 11.9. The van der Waals surface area contributed by atoms with Gasteiger partial charge in [0.2, 0.25) is 5.91 Å². The predicted octanol–water partition coefficient (Wildman–Crippen LogP) is 4.78. The molecule has 0 aliphatic rings. The van der Waals surface area contributed by atoms with Crippen LogP contribution in [0.1, 0.15) is 31.2 Å². The van der Waals surface area contributed by atoms with Crippen LogP contribution in [0.4, 0.5) is 5.82 Å². The fourth-order valence-corrected chi connectivity index (χ4v) is 2.89. The summed E-state index contributed by atoms with van der Waals surface area (Å²) in [4.78, 5) is 16.1. The molecule has 1 aromatic heterocycles. The quantitative estimate of drug-likeness (QED) is 0.639. The van der Waals surface area contributed by atoms with Crippen molar-refractivity contribution < 1.29 is 4.79 Å². The number of hydrogen-bond acceptors (Lipinski definition) is 3. The highest BCUT2D eigenvalue weighted by Crippen LogP contribution is 2.24. The molecule has 0 radical (unpaired) electrons. The summed E-state index contributed by atoms with van der Waals surface area (Å²) in [5, 5.41) is 13.3. The number of nitrogens with zero attached hydrogens (tertiary/aromatic N) is 1. The van der Waals surface area contributed by atoms with Crippen LogP contribution < -0.4 is 5.32 Å². The molecule has 0 spiro atoms. The number of amides is 1. The van der Waals surface area contributed by atoms with Crippen LogP contribution in [0.2, 0.25) is 0 Å². The van der Waals surface area contributed by atoms with E-state index in [1.807, 2.05) is 18.2 Å². The third-order valence-corrected chi connectivity index (χ3v) is 4.20. The van der Waals surface area contributed by atoms with Gasteiger partial charge in [-0.15, -0.1) is 0 Å². The highest BCUT2D eigenvalue weighted by Gasteiger charge is 2.13. The second kappa shape index (κ2) is 7.71. The molecule has 2 N–H and O–H groups in total. The minimum atomic E-state index is -0.200. The molecule has 25 heavy (non-hydrogen) atoms. The number of hydrogen-bond donors (Lipinski definition) is 2. The zero-order valence-corrected chi connectivity index (χ0v) is 14.2. The Morgan fingerprint density at radius 2 is 1.84 bits per heavy atom. The Bertz CT molecular complexity index is 890. The number of rotatable bonds is 6. The number of pyridine rings is 1. The summed E-state index contributed by atoms with van der Waals surface area (Å²) in [6, 6.07) is 20.0. The maximum atomic E-state index is 12.0. The fraction of sp³-hybridized carbons (Fsp3) is 0.190. The van der Waals surface area contributed by atoms with Gasteiger partial charge in [-0.25, -0.2) is 4.98 Å². The van der Waals surface area contributed by atoms with Crippen molar-refractivity contribution >= 4 is 28.2 Å². The molecule has 1 amide bonds. The number of fused-ring (bicyclic) bond motifs is 1. The molecule has 4 heteroatoms. The van der Waals surface area contributed by atoms with Crippen molar-refractivity contribution in [2.75, 3.05) is 5.32 Å². The smallest absolute Gasteiger partial charge is 0.231 e. The maximum Gasteiger partial charge on any atom is 0.231 e. The van der Waals surface area contributed by atoms with Crippen molar-refractivity contribution in [1.29, 1.82) is 5.41 Å². The van der Waals surface area contributed by atoms with Crippen LogP contribution in [-0.2, 0) is 4.79 Å². The van der Waals surface area contributed by atoms with Gasteiger partial charge in [0.15, 0.2) is 0 Å². The molecule has 4 nitrogen and oxygen atoms in total. The minimum absolute atomic E-state index is 0.0918. The second-order valence-electron chi connectivity index (χ2n) is 6.26. The van der Waals surface area contributed by atoms with Crippen LogP contribution in [0.5, 0.6) is 0 Å². The third kappa shape index (κ3) is 4.51. The van der Waals surface area contributed by atoms with Gasteiger partial charge in [-0.3, -0.25) is 4.79 Å². The van der Waals surface area contributed by atoms with E-state index in [1.54, 1.807) is 18.3 Å². The third-order valence-electron chi connectivity index (χ3n) is 4.20. The van der Waals surface area contributed by atoms with E-state index >= 15 is 0 Å². The van der Waals surface area contributed by atoms with Crippen LogP contribution in [0, 0.1) is 5.41 Å². The summed E-state index contributed by atoms with van der Waals surface area (Å²) >= 11 is 0. The van der Waals surface area contributed by atoms with E-state index < -0.39 is 0 Å². The summed E-state index contributed by atoms with van der Waals surface area (Å²) in [7, 11) is 0. The number of aromatic nitrogens is 1. The Balaban J connectivity index is 1.58. The first kappa shape index (κ1) is 16.8. The van der Waals surface area contributed by atoms with Crippen LogP contribution in [0.15, 0.2) is 66.9 Å². The molecular formula is C21H21N3O. The fourth-order valence-electron chi connectivity index (χ4n) is 2.89. The Morgan fingerprint density at radius 1 is 1.08 bits per heavy atom. The van der Waals surface area contributed by atoms with Gasteiger partial charge in [0.25, 0.3) is 0 Å².